The minimum atomic E-state index is -0.00650. The third kappa shape index (κ3) is 3.62. The Morgan fingerprint density at radius 3 is 2.67 bits per heavy atom. The van der Waals surface area contributed by atoms with Gasteiger partial charge >= 0.3 is 0 Å². The van der Waals surface area contributed by atoms with Crippen LogP contribution in [0.5, 0.6) is 0 Å². The molecule has 0 radical (unpaired) electrons. The van der Waals surface area contributed by atoms with Crippen molar-refractivity contribution in [1.82, 2.24) is 14.8 Å². The van der Waals surface area contributed by atoms with Gasteiger partial charge in [-0.15, -0.1) is 0 Å². The molecule has 2 aromatic heterocycles. The van der Waals surface area contributed by atoms with Gasteiger partial charge in [0.1, 0.15) is 0 Å². The Balaban J connectivity index is 1.63. The van der Waals surface area contributed by atoms with Gasteiger partial charge in [0.15, 0.2) is 5.65 Å². The van der Waals surface area contributed by atoms with Gasteiger partial charge in [-0.1, -0.05) is 29.8 Å². The van der Waals surface area contributed by atoms with E-state index in [0.29, 0.717) is 12.1 Å². The fraction of sp³-hybridized carbons (Fsp3) is 0.316. The first-order chi connectivity index (χ1) is 11.5. The molecule has 3 aromatic rings. The summed E-state index contributed by atoms with van der Waals surface area (Å²) in [6.07, 6.45) is 4.65. The monoisotopic (exact) mass is 322 g/mol. The number of carbonyl (C=O) groups is 1. The first kappa shape index (κ1) is 16.2. The Bertz CT molecular complexity index is 849. The van der Waals surface area contributed by atoms with Crippen LogP contribution in [0, 0.1) is 6.92 Å². The molecule has 3 rings (SSSR count). The van der Waals surface area contributed by atoms with Gasteiger partial charge in [-0.2, -0.15) is 5.10 Å². The van der Waals surface area contributed by atoms with Gasteiger partial charge < -0.3 is 5.32 Å². The molecule has 1 N–H and O–H groups in total. The lowest BCUT2D eigenvalue weighted by Crippen LogP contribution is -2.12. The number of aromatic nitrogens is 3. The van der Waals surface area contributed by atoms with Crippen molar-refractivity contribution in [3.63, 3.8) is 0 Å². The van der Waals surface area contributed by atoms with Crippen LogP contribution in [-0.4, -0.2) is 20.7 Å². The highest BCUT2D eigenvalue weighted by atomic mass is 16.1. The minimum absolute atomic E-state index is 0.00650. The topological polar surface area (TPSA) is 59.8 Å². The molecule has 5 heteroatoms. The molecule has 24 heavy (non-hydrogen) atoms. The van der Waals surface area contributed by atoms with Crippen LogP contribution in [-0.2, 0) is 11.2 Å². The number of amides is 1. The predicted molar refractivity (Wildman–Crippen MR) is 96.0 cm³/mol. The van der Waals surface area contributed by atoms with Crippen LogP contribution in [0.25, 0.3) is 11.0 Å². The molecule has 0 fully saturated rings. The average molecular weight is 322 g/mol. The quantitative estimate of drug-likeness (QED) is 0.775. The lowest BCUT2D eigenvalue weighted by Gasteiger charge is -2.08. The molecule has 0 bridgehead atoms. The maximum atomic E-state index is 12.1. The normalized spacial score (nSPS) is 11.2. The molecule has 0 atom stereocenters. The molecule has 0 saturated heterocycles. The summed E-state index contributed by atoms with van der Waals surface area (Å²) in [6, 6.07) is 10.4. The van der Waals surface area contributed by atoms with Crippen molar-refractivity contribution in [1.29, 1.82) is 0 Å². The zero-order valence-electron chi connectivity index (χ0n) is 14.3. The zero-order chi connectivity index (χ0) is 17.1. The number of nitrogens with one attached hydrogen (secondary N) is 1. The van der Waals surface area contributed by atoms with E-state index in [1.807, 2.05) is 10.7 Å². The molecule has 2 heterocycles. The lowest BCUT2D eigenvalue weighted by atomic mass is 10.1. The fourth-order valence-corrected chi connectivity index (χ4v) is 2.62. The fourth-order valence-electron chi connectivity index (χ4n) is 2.62. The van der Waals surface area contributed by atoms with E-state index in [1.54, 1.807) is 12.4 Å². The highest BCUT2D eigenvalue weighted by Crippen LogP contribution is 2.19. The smallest absolute Gasteiger partial charge is 0.224 e. The molecular weight excluding hydrogens is 300 g/mol. The number of anilines is 1. The van der Waals surface area contributed by atoms with Crippen molar-refractivity contribution in [2.24, 2.45) is 0 Å². The van der Waals surface area contributed by atoms with Crippen molar-refractivity contribution >= 4 is 22.6 Å². The van der Waals surface area contributed by atoms with E-state index in [2.05, 4.69) is 60.4 Å². The van der Waals surface area contributed by atoms with Gasteiger partial charge in [0, 0.05) is 17.8 Å². The first-order valence-electron chi connectivity index (χ1n) is 8.21. The highest BCUT2D eigenvalue weighted by Gasteiger charge is 2.09. The van der Waals surface area contributed by atoms with Crippen LogP contribution in [0.1, 0.15) is 37.4 Å². The Labute approximate surface area is 141 Å². The SMILES string of the molecule is Cc1ccc(CCC(=O)Nc2cnc3c(cnn3C(C)C)c2)cc1. The molecule has 0 aliphatic carbocycles. The largest absolute Gasteiger partial charge is 0.325 e. The van der Waals surface area contributed by atoms with Gasteiger partial charge in [-0.25, -0.2) is 9.67 Å². The first-order valence-corrected chi connectivity index (χ1v) is 8.21. The summed E-state index contributed by atoms with van der Waals surface area (Å²) in [4.78, 5) is 16.6. The summed E-state index contributed by atoms with van der Waals surface area (Å²) < 4.78 is 1.87. The highest BCUT2D eigenvalue weighted by molar-refractivity contribution is 5.92. The van der Waals surface area contributed by atoms with E-state index in [0.717, 1.165) is 17.5 Å². The maximum Gasteiger partial charge on any atom is 0.224 e. The summed E-state index contributed by atoms with van der Waals surface area (Å²) in [7, 11) is 0. The summed E-state index contributed by atoms with van der Waals surface area (Å²) in [6.45, 7) is 6.19. The van der Waals surface area contributed by atoms with Crippen molar-refractivity contribution in [3.05, 3.63) is 53.9 Å². The number of benzene rings is 1. The standard InChI is InChI=1S/C19H22N4O/c1-13(2)23-19-16(11-21-23)10-17(12-20-19)22-18(24)9-8-15-6-4-14(3)5-7-15/h4-7,10-13H,8-9H2,1-3H3,(H,22,24). The van der Waals surface area contributed by atoms with E-state index in [-0.39, 0.29) is 11.9 Å². The summed E-state index contributed by atoms with van der Waals surface area (Å²) >= 11 is 0. The molecule has 0 aliphatic heterocycles. The summed E-state index contributed by atoms with van der Waals surface area (Å²) in [5.41, 5.74) is 3.94. The molecule has 5 nitrogen and oxygen atoms in total. The number of hydrogen-bond donors (Lipinski definition) is 1. The number of hydrogen-bond acceptors (Lipinski definition) is 3. The van der Waals surface area contributed by atoms with Gasteiger partial charge in [-0.3, -0.25) is 4.79 Å². The summed E-state index contributed by atoms with van der Waals surface area (Å²) in [5.74, 6) is -0.00650. The van der Waals surface area contributed by atoms with Crippen LogP contribution < -0.4 is 5.32 Å². The molecule has 0 saturated carbocycles. The van der Waals surface area contributed by atoms with Crippen LogP contribution in [0.15, 0.2) is 42.7 Å². The van der Waals surface area contributed by atoms with Crippen LogP contribution in [0.4, 0.5) is 5.69 Å². The van der Waals surface area contributed by atoms with Crippen molar-refractivity contribution < 1.29 is 4.79 Å². The van der Waals surface area contributed by atoms with Gasteiger partial charge in [-0.05, 0) is 38.8 Å². The second kappa shape index (κ2) is 6.83. The van der Waals surface area contributed by atoms with Crippen molar-refractivity contribution in [3.8, 4) is 0 Å². The average Bonchev–Trinajstić information content (AvgIpc) is 2.97. The third-order valence-electron chi connectivity index (χ3n) is 3.97. The van der Waals surface area contributed by atoms with E-state index in [4.69, 9.17) is 0 Å². The Morgan fingerprint density at radius 1 is 1.21 bits per heavy atom. The third-order valence-corrected chi connectivity index (χ3v) is 3.97. The van der Waals surface area contributed by atoms with Crippen molar-refractivity contribution in [2.75, 3.05) is 5.32 Å². The number of carbonyl (C=O) groups excluding carboxylic acids is 1. The Kier molecular flexibility index (Phi) is 4.60. The molecule has 0 aliphatic rings. The van der Waals surface area contributed by atoms with Crippen LogP contribution in [0.3, 0.4) is 0 Å². The Morgan fingerprint density at radius 2 is 1.96 bits per heavy atom. The maximum absolute atomic E-state index is 12.1. The van der Waals surface area contributed by atoms with E-state index in [9.17, 15) is 4.79 Å². The van der Waals surface area contributed by atoms with Crippen LogP contribution >= 0.6 is 0 Å². The number of rotatable bonds is 5. The van der Waals surface area contributed by atoms with Crippen LogP contribution in [0.2, 0.25) is 0 Å². The number of nitrogens with zero attached hydrogens (tertiary/aromatic N) is 3. The molecule has 0 unspecified atom stereocenters. The van der Waals surface area contributed by atoms with Gasteiger partial charge in [0.25, 0.3) is 0 Å². The second-order valence-corrected chi connectivity index (χ2v) is 6.35. The zero-order valence-corrected chi connectivity index (χ0v) is 14.3. The lowest BCUT2D eigenvalue weighted by molar-refractivity contribution is -0.116. The predicted octanol–water partition coefficient (Wildman–Crippen LogP) is 3.89. The molecule has 1 aromatic carbocycles. The van der Waals surface area contributed by atoms with Gasteiger partial charge in [0.2, 0.25) is 5.91 Å². The molecule has 0 spiro atoms. The van der Waals surface area contributed by atoms with Gasteiger partial charge in [0.05, 0.1) is 18.1 Å². The molecule has 124 valence electrons. The van der Waals surface area contributed by atoms with Crippen molar-refractivity contribution in [2.45, 2.75) is 39.7 Å². The van der Waals surface area contributed by atoms with E-state index in [1.165, 1.54) is 11.1 Å². The van der Waals surface area contributed by atoms with E-state index >= 15 is 0 Å². The molecule has 1 amide bonds. The number of aryl methyl sites for hydroxylation is 2. The second-order valence-electron chi connectivity index (χ2n) is 6.35. The minimum Gasteiger partial charge on any atom is -0.325 e. The van der Waals surface area contributed by atoms with E-state index < -0.39 is 0 Å². The molecular formula is C19H22N4O. The number of pyridine rings is 1. The Hall–Kier alpha value is -2.69. The summed E-state index contributed by atoms with van der Waals surface area (Å²) in [5, 5.41) is 8.19. The number of fused-ring (bicyclic) bond motifs is 1.